The summed E-state index contributed by atoms with van der Waals surface area (Å²) < 4.78 is 0. The van der Waals surface area contributed by atoms with Crippen LogP contribution < -0.4 is 5.32 Å². The highest BCUT2D eigenvalue weighted by Gasteiger charge is 2.25. The van der Waals surface area contributed by atoms with E-state index in [1.807, 2.05) is 26.0 Å². The van der Waals surface area contributed by atoms with Crippen LogP contribution in [0.15, 0.2) is 23.2 Å². The zero-order chi connectivity index (χ0) is 11.7. The number of benzene rings is 1. The molecule has 1 amide bonds. The third-order valence-corrected chi connectivity index (χ3v) is 3.45. The second-order valence-corrected chi connectivity index (χ2v) is 5.29. The molecule has 0 aliphatic carbocycles. The predicted octanol–water partition coefficient (Wildman–Crippen LogP) is 2.54. The van der Waals surface area contributed by atoms with E-state index in [1.165, 1.54) is 17.3 Å². The minimum absolute atomic E-state index is 0.0357. The molecule has 3 nitrogen and oxygen atoms in total. The number of nitrogens with one attached hydrogen (secondary N) is 1. The highest BCUT2D eigenvalue weighted by atomic mass is 32.2. The second-order valence-electron chi connectivity index (χ2n) is 3.96. The maximum Gasteiger partial charge on any atom is 0.239 e. The number of aliphatic imine (C=N–C) groups is 1. The number of aryl methyl sites for hydroxylation is 2. The summed E-state index contributed by atoms with van der Waals surface area (Å²) in [4.78, 5) is 15.7. The first kappa shape index (κ1) is 11.2. The molecule has 2 rings (SSSR count). The van der Waals surface area contributed by atoms with Crippen molar-refractivity contribution in [2.24, 2.45) is 4.99 Å². The lowest BCUT2D eigenvalue weighted by molar-refractivity contribution is -0.118. The van der Waals surface area contributed by atoms with E-state index in [1.54, 1.807) is 0 Å². The Labute approximate surface area is 99.3 Å². The molecule has 1 saturated heterocycles. The summed E-state index contributed by atoms with van der Waals surface area (Å²) in [6.45, 7) is 5.96. The number of nitrogens with zero attached hydrogens (tertiary/aromatic N) is 1. The van der Waals surface area contributed by atoms with Crippen LogP contribution in [0, 0.1) is 13.8 Å². The summed E-state index contributed by atoms with van der Waals surface area (Å²) >= 11 is 1.47. The van der Waals surface area contributed by atoms with Crippen LogP contribution in [0.25, 0.3) is 0 Å². The SMILES string of the molecule is Cc1ccc(N=C2NC(=O)C(C)S2)c(C)c1. The number of hydrogen-bond acceptors (Lipinski definition) is 3. The summed E-state index contributed by atoms with van der Waals surface area (Å²) in [5, 5.41) is 3.43. The first-order chi connectivity index (χ1) is 7.56. The normalized spacial score (nSPS) is 22.6. The Morgan fingerprint density at radius 2 is 2.12 bits per heavy atom. The lowest BCUT2D eigenvalue weighted by Gasteiger charge is -2.02. The van der Waals surface area contributed by atoms with E-state index >= 15 is 0 Å². The van der Waals surface area contributed by atoms with Crippen LogP contribution >= 0.6 is 11.8 Å². The monoisotopic (exact) mass is 234 g/mol. The fourth-order valence-corrected chi connectivity index (χ4v) is 2.36. The molecular weight excluding hydrogens is 220 g/mol. The van der Waals surface area contributed by atoms with E-state index in [0.717, 1.165) is 11.3 Å². The third kappa shape index (κ3) is 2.27. The molecule has 1 unspecified atom stereocenters. The number of thioether (sulfide) groups is 1. The van der Waals surface area contributed by atoms with Crippen LogP contribution in [0.2, 0.25) is 0 Å². The quantitative estimate of drug-likeness (QED) is 0.811. The number of amidine groups is 1. The molecular formula is C12H14N2OS. The summed E-state index contributed by atoms with van der Waals surface area (Å²) in [5.41, 5.74) is 3.27. The van der Waals surface area contributed by atoms with Gasteiger partial charge in [0.05, 0.1) is 10.9 Å². The molecule has 0 saturated carbocycles. The summed E-state index contributed by atoms with van der Waals surface area (Å²) in [7, 11) is 0. The molecule has 1 atom stereocenters. The van der Waals surface area contributed by atoms with Gasteiger partial charge in [0.25, 0.3) is 0 Å². The van der Waals surface area contributed by atoms with Crippen LogP contribution in [0.3, 0.4) is 0 Å². The van der Waals surface area contributed by atoms with E-state index in [4.69, 9.17) is 0 Å². The zero-order valence-corrected chi connectivity index (χ0v) is 10.4. The summed E-state index contributed by atoms with van der Waals surface area (Å²) in [6, 6.07) is 6.09. The average molecular weight is 234 g/mol. The van der Waals surface area contributed by atoms with E-state index < -0.39 is 0 Å². The molecule has 1 aliphatic rings. The Bertz CT molecular complexity index is 468. The van der Waals surface area contributed by atoms with Gasteiger partial charge in [0.15, 0.2) is 5.17 Å². The van der Waals surface area contributed by atoms with Crippen LogP contribution in [-0.2, 0) is 4.79 Å². The zero-order valence-electron chi connectivity index (χ0n) is 9.57. The van der Waals surface area contributed by atoms with Gasteiger partial charge in [0, 0.05) is 0 Å². The van der Waals surface area contributed by atoms with Crippen molar-refractivity contribution in [1.29, 1.82) is 0 Å². The molecule has 1 aliphatic heterocycles. The molecule has 1 N–H and O–H groups in total. The highest BCUT2D eigenvalue weighted by molar-refractivity contribution is 8.15. The lowest BCUT2D eigenvalue weighted by atomic mass is 10.1. The van der Waals surface area contributed by atoms with E-state index in [9.17, 15) is 4.79 Å². The minimum atomic E-state index is -0.0375. The molecule has 0 bridgehead atoms. The van der Waals surface area contributed by atoms with Crippen LogP contribution in [-0.4, -0.2) is 16.3 Å². The Hall–Kier alpha value is -1.29. The first-order valence-electron chi connectivity index (χ1n) is 5.20. The lowest BCUT2D eigenvalue weighted by Crippen LogP contribution is -2.23. The molecule has 1 fully saturated rings. The Morgan fingerprint density at radius 3 is 2.69 bits per heavy atom. The summed E-state index contributed by atoms with van der Waals surface area (Å²) in [5.74, 6) is 0.0357. The second kappa shape index (κ2) is 4.29. The van der Waals surface area contributed by atoms with Gasteiger partial charge in [-0.3, -0.25) is 4.79 Å². The molecule has 1 aromatic carbocycles. The summed E-state index contributed by atoms with van der Waals surface area (Å²) in [6.07, 6.45) is 0. The Balaban J connectivity index is 2.27. The number of amides is 1. The van der Waals surface area contributed by atoms with Crippen molar-refractivity contribution in [3.8, 4) is 0 Å². The van der Waals surface area contributed by atoms with Gasteiger partial charge in [-0.25, -0.2) is 4.99 Å². The fourth-order valence-electron chi connectivity index (χ4n) is 1.55. The van der Waals surface area contributed by atoms with E-state index in [-0.39, 0.29) is 11.2 Å². The number of carbonyl (C=O) groups excluding carboxylic acids is 1. The van der Waals surface area contributed by atoms with Crippen LogP contribution in [0.4, 0.5) is 5.69 Å². The van der Waals surface area contributed by atoms with Gasteiger partial charge in [-0.15, -0.1) is 0 Å². The van der Waals surface area contributed by atoms with Gasteiger partial charge in [0.1, 0.15) is 0 Å². The fraction of sp³-hybridized carbons (Fsp3) is 0.333. The molecule has 84 valence electrons. The van der Waals surface area contributed by atoms with Gasteiger partial charge in [-0.2, -0.15) is 0 Å². The van der Waals surface area contributed by atoms with Crippen molar-refractivity contribution < 1.29 is 4.79 Å². The molecule has 1 aromatic rings. The standard InChI is InChI=1S/C12H14N2OS/c1-7-4-5-10(8(2)6-7)13-12-14-11(15)9(3)16-12/h4-6,9H,1-3H3,(H,13,14,15). The number of carbonyl (C=O) groups is 1. The van der Waals surface area contributed by atoms with Gasteiger partial charge in [0.2, 0.25) is 5.91 Å². The van der Waals surface area contributed by atoms with Gasteiger partial charge < -0.3 is 5.32 Å². The number of hydrogen-bond donors (Lipinski definition) is 1. The van der Waals surface area contributed by atoms with Gasteiger partial charge in [-0.1, -0.05) is 29.5 Å². The minimum Gasteiger partial charge on any atom is -0.304 e. The maximum atomic E-state index is 11.3. The van der Waals surface area contributed by atoms with E-state index in [2.05, 4.69) is 23.3 Å². The van der Waals surface area contributed by atoms with Crippen molar-refractivity contribution in [3.05, 3.63) is 29.3 Å². The predicted molar refractivity (Wildman–Crippen MR) is 68.2 cm³/mol. The first-order valence-corrected chi connectivity index (χ1v) is 6.07. The van der Waals surface area contributed by atoms with Crippen LogP contribution in [0.5, 0.6) is 0 Å². The smallest absolute Gasteiger partial charge is 0.239 e. The molecule has 4 heteroatoms. The van der Waals surface area contributed by atoms with Crippen molar-refractivity contribution in [2.45, 2.75) is 26.0 Å². The molecule has 1 heterocycles. The topological polar surface area (TPSA) is 41.5 Å². The van der Waals surface area contributed by atoms with Crippen molar-refractivity contribution in [3.63, 3.8) is 0 Å². The third-order valence-electron chi connectivity index (χ3n) is 2.46. The molecule has 0 aromatic heterocycles. The molecule has 0 radical (unpaired) electrons. The number of rotatable bonds is 1. The Morgan fingerprint density at radius 1 is 1.38 bits per heavy atom. The van der Waals surface area contributed by atoms with Crippen molar-refractivity contribution >= 4 is 28.5 Å². The van der Waals surface area contributed by atoms with E-state index in [0.29, 0.717) is 5.17 Å². The maximum absolute atomic E-state index is 11.3. The molecule has 16 heavy (non-hydrogen) atoms. The average Bonchev–Trinajstić information content (AvgIpc) is 2.51. The Kier molecular flexibility index (Phi) is 3.01. The largest absolute Gasteiger partial charge is 0.304 e. The van der Waals surface area contributed by atoms with Gasteiger partial charge >= 0.3 is 0 Å². The molecule has 0 spiro atoms. The van der Waals surface area contributed by atoms with Crippen molar-refractivity contribution in [1.82, 2.24) is 5.32 Å². The highest BCUT2D eigenvalue weighted by Crippen LogP contribution is 2.25. The van der Waals surface area contributed by atoms with Crippen LogP contribution in [0.1, 0.15) is 18.1 Å². The van der Waals surface area contributed by atoms with Crippen molar-refractivity contribution in [2.75, 3.05) is 0 Å². The van der Waals surface area contributed by atoms with Gasteiger partial charge in [-0.05, 0) is 32.4 Å².